The van der Waals surface area contributed by atoms with Crippen LogP contribution in [0.15, 0.2) is 24.3 Å². The molecule has 1 aromatic rings. The van der Waals surface area contributed by atoms with Crippen LogP contribution < -0.4 is 5.32 Å². The van der Waals surface area contributed by atoms with Crippen molar-refractivity contribution < 1.29 is 27.9 Å². The maximum Gasteiger partial charge on any atom is 0.416 e. The van der Waals surface area contributed by atoms with Gasteiger partial charge in [0.25, 0.3) is 0 Å². The van der Waals surface area contributed by atoms with Crippen molar-refractivity contribution >= 4 is 11.9 Å². The summed E-state index contributed by atoms with van der Waals surface area (Å²) < 4.78 is 37.5. The zero-order valence-electron chi connectivity index (χ0n) is 12.6. The molecule has 1 aliphatic carbocycles. The van der Waals surface area contributed by atoms with E-state index >= 15 is 0 Å². The van der Waals surface area contributed by atoms with Gasteiger partial charge in [0, 0.05) is 18.9 Å². The molecule has 1 saturated carbocycles. The van der Waals surface area contributed by atoms with Crippen LogP contribution in [0.3, 0.4) is 0 Å². The first-order valence-corrected chi connectivity index (χ1v) is 7.35. The molecule has 0 radical (unpaired) electrons. The van der Waals surface area contributed by atoms with Gasteiger partial charge in [-0.2, -0.15) is 13.2 Å². The Morgan fingerprint density at radius 2 is 1.91 bits per heavy atom. The smallest absolute Gasteiger partial charge is 0.416 e. The number of nitrogens with one attached hydrogen (secondary N) is 1. The normalized spacial score (nSPS) is 21.6. The van der Waals surface area contributed by atoms with Crippen LogP contribution >= 0.6 is 0 Å². The summed E-state index contributed by atoms with van der Waals surface area (Å²) in [7, 11) is 0. The lowest BCUT2D eigenvalue weighted by Crippen LogP contribution is -2.30. The van der Waals surface area contributed by atoms with E-state index in [1.807, 2.05) is 0 Å². The zero-order chi connectivity index (χ0) is 17.2. The van der Waals surface area contributed by atoms with Gasteiger partial charge in [-0.3, -0.25) is 9.59 Å². The molecular formula is C16H18F3NO3. The van der Waals surface area contributed by atoms with E-state index in [-0.39, 0.29) is 36.6 Å². The van der Waals surface area contributed by atoms with Crippen LogP contribution in [-0.2, 0) is 15.8 Å². The van der Waals surface area contributed by atoms with Crippen molar-refractivity contribution in [2.75, 3.05) is 6.54 Å². The van der Waals surface area contributed by atoms with E-state index in [9.17, 15) is 22.8 Å². The molecule has 0 heterocycles. The first-order chi connectivity index (χ1) is 10.7. The lowest BCUT2D eigenvalue weighted by molar-refractivity contribution is -0.138. The molecule has 126 valence electrons. The fraction of sp³-hybridized carbons (Fsp3) is 0.500. The molecule has 0 aliphatic heterocycles. The Morgan fingerprint density at radius 1 is 1.30 bits per heavy atom. The monoisotopic (exact) mass is 329 g/mol. The van der Waals surface area contributed by atoms with Gasteiger partial charge in [0.1, 0.15) is 0 Å². The minimum Gasteiger partial charge on any atom is -0.481 e. The number of carbonyl (C=O) groups is 2. The standard InChI is InChI=1S/C16H18F3NO3/c1-9(6-14(21)22)8-20-15(23)13-7-12(13)10-2-4-11(5-3-10)16(17,18)19/h2-5,9,12-13H,6-8H2,1H3,(H,20,23)(H,21,22). The molecule has 23 heavy (non-hydrogen) atoms. The molecule has 2 rings (SSSR count). The van der Waals surface area contributed by atoms with E-state index < -0.39 is 17.7 Å². The van der Waals surface area contributed by atoms with Crippen LogP contribution in [0.25, 0.3) is 0 Å². The molecule has 0 bridgehead atoms. The summed E-state index contributed by atoms with van der Waals surface area (Å²) in [4.78, 5) is 22.5. The van der Waals surface area contributed by atoms with Gasteiger partial charge in [-0.25, -0.2) is 0 Å². The highest BCUT2D eigenvalue weighted by Gasteiger charge is 2.44. The Kier molecular flexibility index (Phi) is 4.97. The quantitative estimate of drug-likeness (QED) is 0.843. The third kappa shape index (κ3) is 4.71. The maximum atomic E-state index is 12.5. The van der Waals surface area contributed by atoms with Gasteiger partial charge in [0.05, 0.1) is 5.56 Å². The lowest BCUT2D eigenvalue weighted by Gasteiger charge is -2.10. The predicted molar refractivity (Wildman–Crippen MR) is 76.7 cm³/mol. The van der Waals surface area contributed by atoms with Crippen LogP contribution in [0.5, 0.6) is 0 Å². The third-order valence-corrected chi connectivity index (χ3v) is 3.94. The number of amides is 1. The van der Waals surface area contributed by atoms with Gasteiger partial charge < -0.3 is 10.4 Å². The number of alkyl halides is 3. The lowest BCUT2D eigenvalue weighted by atomic mass is 10.1. The number of hydrogen-bond acceptors (Lipinski definition) is 2. The molecule has 2 N–H and O–H groups in total. The molecule has 4 nitrogen and oxygen atoms in total. The van der Waals surface area contributed by atoms with E-state index in [1.54, 1.807) is 6.92 Å². The van der Waals surface area contributed by atoms with Gasteiger partial charge in [-0.15, -0.1) is 0 Å². The topological polar surface area (TPSA) is 66.4 Å². The summed E-state index contributed by atoms with van der Waals surface area (Å²) in [5.74, 6) is -1.57. The average molecular weight is 329 g/mol. The van der Waals surface area contributed by atoms with E-state index in [0.717, 1.165) is 17.7 Å². The van der Waals surface area contributed by atoms with Crippen molar-refractivity contribution in [2.24, 2.45) is 11.8 Å². The number of rotatable bonds is 6. The molecule has 7 heteroatoms. The van der Waals surface area contributed by atoms with Gasteiger partial charge >= 0.3 is 12.1 Å². The van der Waals surface area contributed by atoms with Crippen LogP contribution in [0.4, 0.5) is 13.2 Å². The molecule has 3 atom stereocenters. The molecule has 1 fully saturated rings. The highest BCUT2D eigenvalue weighted by molar-refractivity contribution is 5.83. The van der Waals surface area contributed by atoms with Gasteiger partial charge in [0.2, 0.25) is 5.91 Å². The Bertz CT molecular complexity index is 583. The van der Waals surface area contributed by atoms with Crippen LogP contribution in [0.1, 0.15) is 36.8 Å². The Morgan fingerprint density at radius 3 is 2.43 bits per heavy atom. The second-order valence-corrected chi connectivity index (χ2v) is 6.02. The molecular weight excluding hydrogens is 311 g/mol. The number of carboxylic acid groups (broad SMARTS) is 1. The second kappa shape index (κ2) is 6.60. The van der Waals surface area contributed by atoms with Crippen LogP contribution in [0.2, 0.25) is 0 Å². The third-order valence-electron chi connectivity index (χ3n) is 3.94. The van der Waals surface area contributed by atoms with Crippen molar-refractivity contribution in [2.45, 2.75) is 31.9 Å². The molecule has 0 spiro atoms. The first kappa shape index (κ1) is 17.3. The fourth-order valence-electron chi connectivity index (χ4n) is 2.55. The Labute approximate surface area is 131 Å². The molecule has 1 aromatic carbocycles. The number of aliphatic carboxylic acids is 1. The molecule has 1 amide bonds. The number of halogens is 3. The highest BCUT2D eigenvalue weighted by atomic mass is 19.4. The number of hydrogen-bond donors (Lipinski definition) is 2. The summed E-state index contributed by atoms with van der Waals surface area (Å²) in [6, 6.07) is 4.87. The maximum absolute atomic E-state index is 12.5. The van der Waals surface area contributed by atoms with Crippen molar-refractivity contribution in [3.8, 4) is 0 Å². The van der Waals surface area contributed by atoms with E-state index in [0.29, 0.717) is 6.42 Å². The molecule has 3 unspecified atom stereocenters. The first-order valence-electron chi connectivity index (χ1n) is 7.35. The summed E-state index contributed by atoms with van der Waals surface area (Å²) >= 11 is 0. The predicted octanol–water partition coefficient (Wildman–Crippen LogP) is 3.04. The highest BCUT2D eigenvalue weighted by Crippen LogP contribution is 2.47. The van der Waals surface area contributed by atoms with Crippen molar-refractivity contribution in [1.29, 1.82) is 0 Å². The van der Waals surface area contributed by atoms with E-state index in [1.165, 1.54) is 12.1 Å². The van der Waals surface area contributed by atoms with Crippen LogP contribution in [-0.4, -0.2) is 23.5 Å². The number of carbonyl (C=O) groups excluding carboxylic acids is 1. The average Bonchev–Trinajstić information content (AvgIpc) is 3.24. The van der Waals surface area contributed by atoms with Crippen molar-refractivity contribution in [3.05, 3.63) is 35.4 Å². The number of carboxylic acids is 1. The minimum absolute atomic E-state index is 0.0206. The second-order valence-electron chi connectivity index (χ2n) is 6.02. The SMILES string of the molecule is CC(CNC(=O)C1CC1c1ccc(C(F)(F)F)cc1)CC(=O)O. The summed E-state index contributed by atoms with van der Waals surface area (Å²) in [6.07, 6.45) is -3.78. The van der Waals surface area contributed by atoms with Gasteiger partial charge in [-0.1, -0.05) is 19.1 Å². The summed E-state index contributed by atoms with van der Waals surface area (Å²) in [5.41, 5.74) is 0.0159. The van der Waals surface area contributed by atoms with Gasteiger partial charge in [0.15, 0.2) is 0 Å². The van der Waals surface area contributed by atoms with Gasteiger partial charge in [-0.05, 0) is 36.0 Å². The summed E-state index contributed by atoms with van der Waals surface area (Å²) in [5, 5.41) is 11.4. The minimum atomic E-state index is -4.36. The summed E-state index contributed by atoms with van der Waals surface area (Å²) in [6.45, 7) is 2.01. The number of benzene rings is 1. The fourth-order valence-corrected chi connectivity index (χ4v) is 2.55. The largest absolute Gasteiger partial charge is 0.481 e. The van der Waals surface area contributed by atoms with Crippen molar-refractivity contribution in [1.82, 2.24) is 5.32 Å². The molecule has 1 aliphatic rings. The van der Waals surface area contributed by atoms with Crippen molar-refractivity contribution in [3.63, 3.8) is 0 Å². The van der Waals surface area contributed by atoms with Crippen LogP contribution in [0, 0.1) is 11.8 Å². The zero-order valence-corrected chi connectivity index (χ0v) is 12.6. The van der Waals surface area contributed by atoms with E-state index in [4.69, 9.17) is 5.11 Å². The molecule has 0 aromatic heterocycles. The van der Waals surface area contributed by atoms with E-state index in [2.05, 4.69) is 5.32 Å². The Balaban J connectivity index is 1.84. The molecule has 0 saturated heterocycles. The Hall–Kier alpha value is -2.05.